The molecule has 29 heavy (non-hydrogen) atoms. The van der Waals surface area contributed by atoms with Gasteiger partial charge in [0.15, 0.2) is 0 Å². The summed E-state index contributed by atoms with van der Waals surface area (Å²) in [6.45, 7) is 0.915. The van der Waals surface area contributed by atoms with Crippen LogP contribution in [0.2, 0.25) is 0 Å². The average Bonchev–Trinajstić information content (AvgIpc) is 2.73. The molecule has 0 heterocycles. The van der Waals surface area contributed by atoms with Crippen LogP contribution in [0.1, 0.15) is 18.9 Å². The highest BCUT2D eigenvalue weighted by molar-refractivity contribution is 7.89. The van der Waals surface area contributed by atoms with Gasteiger partial charge in [-0.2, -0.15) is 4.31 Å². The second kappa shape index (κ2) is 10.2. The Morgan fingerprint density at radius 3 is 2.24 bits per heavy atom. The van der Waals surface area contributed by atoms with Crippen molar-refractivity contribution in [1.29, 1.82) is 0 Å². The van der Waals surface area contributed by atoms with Crippen LogP contribution < -0.4 is 15.0 Å². The summed E-state index contributed by atoms with van der Waals surface area (Å²) in [4.78, 5) is 11.5. The number of carbonyl (C=O) groups is 1. The van der Waals surface area contributed by atoms with E-state index >= 15 is 0 Å². The summed E-state index contributed by atoms with van der Waals surface area (Å²) in [7, 11) is -2.58. The first-order valence-corrected chi connectivity index (χ1v) is 10.2. The van der Waals surface area contributed by atoms with Crippen molar-refractivity contribution in [2.75, 3.05) is 13.7 Å². The standard InChI is InChI=1S/C19H23FN2O6S/c1-3-18(20)28-16-8-10-17(11-9-16)29(25,26)22(13-19(23)21-24)12-14-4-6-15(27-2)7-5-14/h4-11,18,24H,3,12-13H2,1-2H3,(H,21,23). The van der Waals surface area contributed by atoms with Crippen molar-refractivity contribution < 1.29 is 32.3 Å². The molecule has 2 aromatic carbocycles. The Hall–Kier alpha value is -2.69. The molecule has 0 aliphatic rings. The van der Waals surface area contributed by atoms with Gasteiger partial charge >= 0.3 is 0 Å². The number of alkyl halides is 1. The molecule has 2 rings (SSSR count). The average molecular weight is 426 g/mol. The lowest BCUT2D eigenvalue weighted by Gasteiger charge is -2.21. The number of rotatable bonds is 10. The first-order chi connectivity index (χ1) is 13.8. The molecule has 10 heteroatoms. The van der Waals surface area contributed by atoms with Gasteiger partial charge in [-0.1, -0.05) is 19.1 Å². The maximum atomic E-state index is 13.3. The normalized spacial score (nSPS) is 12.4. The van der Waals surface area contributed by atoms with E-state index in [-0.39, 0.29) is 23.6 Å². The van der Waals surface area contributed by atoms with Crippen LogP contribution in [0.25, 0.3) is 0 Å². The van der Waals surface area contributed by atoms with Crippen molar-refractivity contribution in [3.8, 4) is 11.5 Å². The molecule has 0 saturated carbocycles. The molecule has 0 fully saturated rings. The predicted octanol–water partition coefficient (Wildman–Crippen LogP) is 2.48. The van der Waals surface area contributed by atoms with E-state index in [0.717, 1.165) is 4.31 Å². The van der Waals surface area contributed by atoms with Crippen LogP contribution in [-0.4, -0.2) is 43.8 Å². The molecule has 0 bridgehead atoms. The van der Waals surface area contributed by atoms with Crippen LogP contribution in [0.3, 0.4) is 0 Å². The molecular formula is C19H23FN2O6S. The van der Waals surface area contributed by atoms with Gasteiger partial charge in [-0.25, -0.2) is 18.3 Å². The van der Waals surface area contributed by atoms with Gasteiger partial charge in [0.25, 0.3) is 5.91 Å². The highest BCUT2D eigenvalue weighted by Crippen LogP contribution is 2.23. The summed E-state index contributed by atoms with van der Waals surface area (Å²) >= 11 is 0. The Bertz CT molecular complexity index is 903. The monoisotopic (exact) mass is 426 g/mol. The van der Waals surface area contributed by atoms with Gasteiger partial charge in [0.05, 0.1) is 18.6 Å². The van der Waals surface area contributed by atoms with Crippen molar-refractivity contribution in [3.05, 3.63) is 54.1 Å². The number of hydrogen-bond acceptors (Lipinski definition) is 6. The van der Waals surface area contributed by atoms with Crippen LogP contribution in [0.15, 0.2) is 53.4 Å². The van der Waals surface area contributed by atoms with E-state index in [1.165, 1.54) is 36.9 Å². The third kappa shape index (κ3) is 6.14. The molecule has 1 amide bonds. The zero-order valence-electron chi connectivity index (χ0n) is 16.0. The summed E-state index contributed by atoms with van der Waals surface area (Å²) in [5.41, 5.74) is 2.05. The Labute approximate surface area is 168 Å². The zero-order valence-corrected chi connectivity index (χ0v) is 16.9. The fraction of sp³-hybridized carbons (Fsp3) is 0.316. The molecule has 0 aliphatic heterocycles. The van der Waals surface area contributed by atoms with E-state index in [9.17, 15) is 17.6 Å². The van der Waals surface area contributed by atoms with E-state index in [1.807, 2.05) is 0 Å². The minimum absolute atomic E-state index is 0.101. The molecule has 0 aliphatic carbocycles. The molecule has 0 radical (unpaired) electrons. The summed E-state index contributed by atoms with van der Waals surface area (Å²) in [6, 6.07) is 11.9. The second-order valence-electron chi connectivity index (χ2n) is 6.06. The first kappa shape index (κ1) is 22.6. The lowest BCUT2D eigenvalue weighted by molar-refractivity contribution is -0.129. The van der Waals surface area contributed by atoms with Crippen molar-refractivity contribution in [3.63, 3.8) is 0 Å². The first-order valence-electron chi connectivity index (χ1n) is 8.77. The molecule has 0 aromatic heterocycles. The summed E-state index contributed by atoms with van der Waals surface area (Å²) in [5.74, 6) is -0.0940. The number of benzene rings is 2. The number of methoxy groups -OCH3 is 1. The number of carbonyl (C=O) groups excluding carboxylic acids is 1. The fourth-order valence-corrected chi connectivity index (χ4v) is 3.81. The van der Waals surface area contributed by atoms with Crippen LogP contribution in [0.4, 0.5) is 4.39 Å². The van der Waals surface area contributed by atoms with Crippen LogP contribution >= 0.6 is 0 Å². The number of nitrogens with one attached hydrogen (secondary N) is 1. The number of hydrogen-bond donors (Lipinski definition) is 2. The third-order valence-corrected chi connectivity index (χ3v) is 5.82. The zero-order chi connectivity index (χ0) is 21.4. The van der Waals surface area contributed by atoms with E-state index in [4.69, 9.17) is 14.7 Å². The number of halogens is 1. The van der Waals surface area contributed by atoms with E-state index in [0.29, 0.717) is 11.3 Å². The van der Waals surface area contributed by atoms with E-state index in [1.54, 1.807) is 31.2 Å². The lowest BCUT2D eigenvalue weighted by Crippen LogP contribution is -2.39. The van der Waals surface area contributed by atoms with Gasteiger partial charge in [0.1, 0.15) is 11.5 Å². The van der Waals surface area contributed by atoms with Gasteiger partial charge in [-0.15, -0.1) is 0 Å². The van der Waals surface area contributed by atoms with Gasteiger partial charge in [-0.05, 0) is 42.0 Å². The fourth-order valence-electron chi connectivity index (χ4n) is 2.43. The summed E-state index contributed by atoms with van der Waals surface area (Å²) < 4.78 is 50.4. The van der Waals surface area contributed by atoms with E-state index in [2.05, 4.69) is 0 Å². The van der Waals surface area contributed by atoms with Crippen LogP contribution in [-0.2, 0) is 21.4 Å². The summed E-state index contributed by atoms with van der Waals surface area (Å²) in [5, 5.41) is 8.81. The number of amides is 1. The van der Waals surface area contributed by atoms with E-state index < -0.39 is 28.8 Å². The number of ether oxygens (including phenoxy) is 2. The van der Waals surface area contributed by atoms with Crippen molar-refractivity contribution in [1.82, 2.24) is 9.79 Å². The van der Waals surface area contributed by atoms with Crippen LogP contribution in [0, 0.1) is 0 Å². The maximum absolute atomic E-state index is 13.3. The molecule has 1 unspecified atom stereocenters. The molecule has 0 saturated heterocycles. The minimum Gasteiger partial charge on any atom is -0.497 e. The van der Waals surface area contributed by atoms with Crippen molar-refractivity contribution in [2.24, 2.45) is 0 Å². The quantitative estimate of drug-likeness (QED) is 0.447. The number of hydroxylamine groups is 1. The van der Waals surface area contributed by atoms with Crippen molar-refractivity contribution in [2.45, 2.75) is 31.1 Å². The highest BCUT2D eigenvalue weighted by atomic mass is 32.2. The molecule has 0 spiro atoms. The highest BCUT2D eigenvalue weighted by Gasteiger charge is 2.27. The molecular weight excluding hydrogens is 403 g/mol. The predicted molar refractivity (Wildman–Crippen MR) is 103 cm³/mol. The summed E-state index contributed by atoms with van der Waals surface area (Å²) in [6.07, 6.45) is -1.33. The molecule has 8 nitrogen and oxygen atoms in total. The number of sulfonamides is 1. The molecule has 1 atom stereocenters. The smallest absolute Gasteiger partial charge is 0.258 e. The molecule has 2 N–H and O–H groups in total. The Kier molecular flexibility index (Phi) is 7.94. The maximum Gasteiger partial charge on any atom is 0.258 e. The molecule has 158 valence electrons. The Morgan fingerprint density at radius 2 is 1.72 bits per heavy atom. The SMILES string of the molecule is CCC(F)Oc1ccc(S(=O)(=O)N(CC(=O)NO)Cc2ccc(OC)cc2)cc1. The lowest BCUT2D eigenvalue weighted by atomic mass is 10.2. The Morgan fingerprint density at radius 1 is 1.14 bits per heavy atom. The van der Waals surface area contributed by atoms with Gasteiger partial charge < -0.3 is 9.47 Å². The van der Waals surface area contributed by atoms with Crippen molar-refractivity contribution >= 4 is 15.9 Å². The van der Waals surface area contributed by atoms with Gasteiger partial charge in [0.2, 0.25) is 16.4 Å². The Balaban J connectivity index is 2.28. The topological polar surface area (TPSA) is 105 Å². The largest absolute Gasteiger partial charge is 0.497 e. The van der Waals surface area contributed by atoms with Gasteiger partial charge in [0, 0.05) is 13.0 Å². The minimum atomic E-state index is -4.09. The number of nitrogens with zero attached hydrogens (tertiary/aromatic N) is 1. The van der Waals surface area contributed by atoms with Crippen LogP contribution in [0.5, 0.6) is 11.5 Å². The van der Waals surface area contributed by atoms with Gasteiger partial charge in [-0.3, -0.25) is 10.0 Å². The third-order valence-electron chi connectivity index (χ3n) is 4.01. The second-order valence-corrected chi connectivity index (χ2v) is 8.00. The molecule has 2 aromatic rings.